The largest absolute Gasteiger partial charge is 0.481 e. The number of likely N-dealkylation sites (tertiary alicyclic amines) is 1. The number of hydrogen-bond donors (Lipinski definition) is 1. The molecule has 0 amide bonds. The molecule has 1 aliphatic heterocycles. The van der Waals surface area contributed by atoms with Crippen molar-refractivity contribution in [1.82, 2.24) is 4.90 Å². The van der Waals surface area contributed by atoms with Crippen LogP contribution in [0.5, 0.6) is 0 Å². The van der Waals surface area contributed by atoms with Crippen LogP contribution in [0.15, 0.2) is 42.5 Å². The molecule has 0 aromatic heterocycles. The third-order valence-electron chi connectivity index (χ3n) is 3.94. The second-order valence-corrected chi connectivity index (χ2v) is 5.49. The van der Waals surface area contributed by atoms with E-state index in [9.17, 15) is 9.90 Å². The Morgan fingerprint density at radius 3 is 2.37 bits per heavy atom. The highest BCUT2D eigenvalue weighted by Crippen LogP contribution is 2.35. The lowest BCUT2D eigenvalue weighted by molar-refractivity contribution is -0.145. The van der Waals surface area contributed by atoms with Crippen molar-refractivity contribution in [3.8, 4) is 0 Å². The maximum atomic E-state index is 11.8. The SMILES string of the molecule is C=C(C)CN1CCC(C(=O)O)(c2ccccc2)CC1. The molecule has 3 nitrogen and oxygen atoms in total. The summed E-state index contributed by atoms with van der Waals surface area (Å²) in [5.74, 6) is -0.700. The summed E-state index contributed by atoms with van der Waals surface area (Å²) >= 11 is 0. The van der Waals surface area contributed by atoms with E-state index < -0.39 is 11.4 Å². The average molecular weight is 259 g/mol. The van der Waals surface area contributed by atoms with Crippen LogP contribution in [0.3, 0.4) is 0 Å². The summed E-state index contributed by atoms with van der Waals surface area (Å²) < 4.78 is 0. The third-order valence-corrected chi connectivity index (χ3v) is 3.94. The molecule has 1 heterocycles. The molecule has 1 aromatic carbocycles. The lowest BCUT2D eigenvalue weighted by atomic mass is 9.73. The molecule has 1 saturated heterocycles. The molecule has 3 heteroatoms. The van der Waals surface area contributed by atoms with Crippen molar-refractivity contribution in [3.05, 3.63) is 48.0 Å². The zero-order chi connectivity index (χ0) is 13.9. The number of carboxylic acids is 1. The molecule has 1 fully saturated rings. The van der Waals surface area contributed by atoms with Crippen molar-refractivity contribution in [2.45, 2.75) is 25.2 Å². The minimum Gasteiger partial charge on any atom is -0.481 e. The van der Waals surface area contributed by atoms with Gasteiger partial charge in [-0.25, -0.2) is 0 Å². The molecule has 0 saturated carbocycles. The first kappa shape index (κ1) is 13.8. The number of carboxylic acid groups (broad SMARTS) is 1. The van der Waals surface area contributed by atoms with Crippen LogP contribution in [0, 0.1) is 0 Å². The van der Waals surface area contributed by atoms with E-state index >= 15 is 0 Å². The lowest BCUT2D eigenvalue weighted by Crippen LogP contribution is -2.47. The molecule has 0 atom stereocenters. The van der Waals surface area contributed by atoms with Gasteiger partial charge in [0, 0.05) is 6.54 Å². The van der Waals surface area contributed by atoms with Crippen LogP contribution in [-0.2, 0) is 10.2 Å². The fourth-order valence-corrected chi connectivity index (χ4v) is 2.86. The first-order chi connectivity index (χ1) is 9.04. The van der Waals surface area contributed by atoms with E-state index in [2.05, 4.69) is 11.5 Å². The Morgan fingerprint density at radius 2 is 1.89 bits per heavy atom. The van der Waals surface area contributed by atoms with Crippen LogP contribution in [0.1, 0.15) is 25.3 Å². The Kier molecular flexibility index (Phi) is 4.05. The summed E-state index contributed by atoms with van der Waals surface area (Å²) in [7, 11) is 0. The number of piperidine rings is 1. The highest BCUT2D eigenvalue weighted by atomic mass is 16.4. The fourth-order valence-electron chi connectivity index (χ4n) is 2.86. The van der Waals surface area contributed by atoms with Gasteiger partial charge in [-0.2, -0.15) is 0 Å². The van der Waals surface area contributed by atoms with Crippen molar-refractivity contribution in [3.63, 3.8) is 0 Å². The quantitative estimate of drug-likeness (QED) is 0.845. The van der Waals surface area contributed by atoms with E-state index in [1.54, 1.807) is 0 Å². The molecule has 1 aromatic rings. The molecule has 0 unspecified atom stereocenters. The monoisotopic (exact) mass is 259 g/mol. The van der Waals surface area contributed by atoms with Gasteiger partial charge in [0.2, 0.25) is 0 Å². The topological polar surface area (TPSA) is 40.5 Å². The zero-order valence-electron chi connectivity index (χ0n) is 11.4. The van der Waals surface area contributed by atoms with Crippen molar-refractivity contribution < 1.29 is 9.90 Å². The second kappa shape index (κ2) is 5.57. The van der Waals surface area contributed by atoms with Gasteiger partial charge in [-0.1, -0.05) is 42.5 Å². The van der Waals surface area contributed by atoms with Crippen molar-refractivity contribution in [1.29, 1.82) is 0 Å². The number of hydrogen-bond acceptors (Lipinski definition) is 2. The van der Waals surface area contributed by atoms with Crippen LogP contribution in [-0.4, -0.2) is 35.6 Å². The van der Waals surface area contributed by atoms with Gasteiger partial charge in [0.15, 0.2) is 0 Å². The minimum absolute atomic E-state index is 0.666. The highest BCUT2D eigenvalue weighted by molar-refractivity contribution is 5.81. The Balaban J connectivity index is 2.17. The Labute approximate surface area is 114 Å². The van der Waals surface area contributed by atoms with Crippen LogP contribution in [0.2, 0.25) is 0 Å². The van der Waals surface area contributed by atoms with Gasteiger partial charge in [-0.05, 0) is 38.4 Å². The number of rotatable bonds is 4. The molecular weight excluding hydrogens is 238 g/mol. The van der Waals surface area contributed by atoms with E-state index in [-0.39, 0.29) is 0 Å². The first-order valence-corrected chi connectivity index (χ1v) is 6.70. The summed E-state index contributed by atoms with van der Waals surface area (Å²) in [5, 5.41) is 9.67. The van der Waals surface area contributed by atoms with E-state index in [1.165, 1.54) is 0 Å². The number of nitrogens with zero attached hydrogens (tertiary/aromatic N) is 1. The smallest absolute Gasteiger partial charge is 0.314 e. The zero-order valence-corrected chi connectivity index (χ0v) is 11.4. The van der Waals surface area contributed by atoms with Crippen LogP contribution in [0.4, 0.5) is 0 Å². The normalized spacial score (nSPS) is 19.0. The van der Waals surface area contributed by atoms with Crippen molar-refractivity contribution in [2.75, 3.05) is 19.6 Å². The minimum atomic E-state index is -0.715. The molecule has 0 radical (unpaired) electrons. The first-order valence-electron chi connectivity index (χ1n) is 6.70. The predicted molar refractivity (Wildman–Crippen MR) is 76.2 cm³/mol. The van der Waals surface area contributed by atoms with E-state index in [0.29, 0.717) is 12.8 Å². The lowest BCUT2D eigenvalue weighted by Gasteiger charge is -2.39. The van der Waals surface area contributed by atoms with Gasteiger partial charge in [0.25, 0.3) is 0 Å². The molecule has 2 rings (SSSR count). The average Bonchev–Trinajstić information content (AvgIpc) is 2.40. The van der Waals surface area contributed by atoms with Crippen LogP contribution < -0.4 is 0 Å². The van der Waals surface area contributed by atoms with Gasteiger partial charge in [-0.15, -0.1) is 0 Å². The van der Waals surface area contributed by atoms with Gasteiger partial charge in [0.1, 0.15) is 0 Å². The second-order valence-electron chi connectivity index (χ2n) is 5.49. The summed E-state index contributed by atoms with van der Waals surface area (Å²) in [6, 6.07) is 9.63. The highest BCUT2D eigenvalue weighted by Gasteiger charge is 2.42. The van der Waals surface area contributed by atoms with Crippen LogP contribution in [0.25, 0.3) is 0 Å². The summed E-state index contributed by atoms with van der Waals surface area (Å²) in [4.78, 5) is 14.1. The van der Waals surface area contributed by atoms with Crippen LogP contribution >= 0.6 is 0 Å². The number of benzene rings is 1. The Hall–Kier alpha value is -1.61. The molecule has 0 spiro atoms. The molecule has 102 valence electrons. The Morgan fingerprint density at radius 1 is 1.32 bits per heavy atom. The van der Waals surface area contributed by atoms with E-state index in [4.69, 9.17) is 0 Å². The van der Waals surface area contributed by atoms with E-state index in [0.717, 1.165) is 30.8 Å². The number of aliphatic carboxylic acids is 1. The number of carbonyl (C=O) groups is 1. The van der Waals surface area contributed by atoms with Crippen molar-refractivity contribution in [2.24, 2.45) is 0 Å². The van der Waals surface area contributed by atoms with E-state index in [1.807, 2.05) is 37.3 Å². The molecular formula is C16H21NO2. The van der Waals surface area contributed by atoms with Crippen molar-refractivity contribution >= 4 is 5.97 Å². The summed E-state index contributed by atoms with van der Waals surface area (Å²) in [6.07, 6.45) is 1.33. The van der Waals surface area contributed by atoms with Gasteiger partial charge in [0.05, 0.1) is 5.41 Å². The standard InChI is InChI=1S/C16H21NO2/c1-13(2)12-17-10-8-16(9-11-17,15(18)19)14-6-4-3-5-7-14/h3-7H,1,8-12H2,2H3,(H,18,19). The van der Waals surface area contributed by atoms with Gasteiger partial charge >= 0.3 is 5.97 Å². The fraction of sp³-hybridized carbons (Fsp3) is 0.438. The van der Waals surface area contributed by atoms with Gasteiger partial charge in [-0.3, -0.25) is 9.69 Å². The van der Waals surface area contributed by atoms with Gasteiger partial charge < -0.3 is 5.11 Å². The Bertz CT molecular complexity index is 459. The predicted octanol–water partition coefficient (Wildman–Crippen LogP) is 2.68. The summed E-state index contributed by atoms with van der Waals surface area (Å²) in [6.45, 7) is 8.42. The molecule has 0 bridgehead atoms. The maximum absolute atomic E-state index is 11.8. The molecule has 0 aliphatic carbocycles. The molecule has 1 N–H and O–H groups in total. The third kappa shape index (κ3) is 2.87. The molecule has 19 heavy (non-hydrogen) atoms. The summed E-state index contributed by atoms with van der Waals surface area (Å²) in [5.41, 5.74) is 1.34. The maximum Gasteiger partial charge on any atom is 0.314 e. The molecule has 1 aliphatic rings.